The lowest BCUT2D eigenvalue weighted by Crippen LogP contribution is -2.24. The number of carbonyl (C=O) groups is 1. The lowest BCUT2D eigenvalue weighted by atomic mass is 10.1. The first-order valence-corrected chi connectivity index (χ1v) is 8.27. The van der Waals surface area contributed by atoms with Crippen molar-refractivity contribution in [1.82, 2.24) is 5.32 Å². The zero-order chi connectivity index (χ0) is 14.8. The molecule has 112 valence electrons. The van der Waals surface area contributed by atoms with Crippen LogP contribution in [0.1, 0.15) is 36.9 Å². The smallest absolute Gasteiger partial charge is 0.306 e. The van der Waals surface area contributed by atoms with Gasteiger partial charge in [0.1, 0.15) is 0 Å². The number of hydrogen-bond acceptors (Lipinski definition) is 4. The van der Waals surface area contributed by atoms with E-state index in [9.17, 15) is 4.79 Å². The lowest BCUT2D eigenvalue weighted by molar-refractivity contribution is -0.140. The Labute approximate surface area is 126 Å². The summed E-state index contributed by atoms with van der Waals surface area (Å²) in [5, 5.41) is 3.57. The van der Waals surface area contributed by atoms with E-state index >= 15 is 0 Å². The van der Waals surface area contributed by atoms with Gasteiger partial charge in [-0.05, 0) is 25.5 Å². The van der Waals surface area contributed by atoms with Crippen LogP contribution in [0.25, 0.3) is 0 Å². The van der Waals surface area contributed by atoms with Crippen LogP contribution in [0.5, 0.6) is 0 Å². The number of thioether (sulfide) groups is 1. The summed E-state index contributed by atoms with van der Waals surface area (Å²) in [6.07, 6.45) is 1.60. The van der Waals surface area contributed by atoms with Crippen LogP contribution in [0.2, 0.25) is 0 Å². The van der Waals surface area contributed by atoms with E-state index in [1.807, 2.05) is 0 Å². The molecule has 20 heavy (non-hydrogen) atoms. The van der Waals surface area contributed by atoms with Crippen molar-refractivity contribution in [3.63, 3.8) is 0 Å². The molecule has 1 unspecified atom stereocenters. The molecule has 0 saturated heterocycles. The van der Waals surface area contributed by atoms with Gasteiger partial charge in [-0.3, -0.25) is 4.79 Å². The molecule has 0 aromatic heterocycles. The van der Waals surface area contributed by atoms with Crippen LogP contribution in [0, 0.1) is 6.92 Å². The molecule has 0 fully saturated rings. The number of ether oxygens (including phenoxy) is 1. The highest BCUT2D eigenvalue weighted by Crippen LogP contribution is 2.19. The Morgan fingerprint density at radius 3 is 2.65 bits per heavy atom. The monoisotopic (exact) mass is 295 g/mol. The van der Waals surface area contributed by atoms with Gasteiger partial charge in [-0.2, -0.15) is 11.8 Å². The highest BCUT2D eigenvalue weighted by Gasteiger charge is 2.11. The van der Waals surface area contributed by atoms with Crippen molar-refractivity contribution < 1.29 is 9.53 Å². The molecule has 0 aliphatic carbocycles. The minimum Gasteiger partial charge on any atom is -0.469 e. The van der Waals surface area contributed by atoms with E-state index in [-0.39, 0.29) is 5.97 Å². The van der Waals surface area contributed by atoms with Gasteiger partial charge in [-0.15, -0.1) is 0 Å². The second kappa shape index (κ2) is 9.83. The van der Waals surface area contributed by atoms with Crippen molar-refractivity contribution in [3.8, 4) is 0 Å². The van der Waals surface area contributed by atoms with Gasteiger partial charge < -0.3 is 10.1 Å². The minimum atomic E-state index is -0.133. The quantitative estimate of drug-likeness (QED) is 0.560. The molecule has 1 atom stereocenters. The van der Waals surface area contributed by atoms with Gasteiger partial charge in [-0.25, -0.2) is 0 Å². The Bertz CT molecular complexity index is 392. The Balaban J connectivity index is 2.47. The number of esters is 1. The highest BCUT2D eigenvalue weighted by molar-refractivity contribution is 7.99. The fraction of sp³-hybridized carbons (Fsp3) is 0.562. The molecule has 1 rings (SSSR count). The third kappa shape index (κ3) is 6.44. The summed E-state index contributed by atoms with van der Waals surface area (Å²) in [7, 11) is 1.44. The van der Waals surface area contributed by atoms with Gasteiger partial charge in [0.15, 0.2) is 0 Å². The largest absolute Gasteiger partial charge is 0.469 e. The van der Waals surface area contributed by atoms with Crippen molar-refractivity contribution in [2.24, 2.45) is 0 Å². The molecule has 1 aromatic rings. The minimum absolute atomic E-state index is 0.133. The van der Waals surface area contributed by atoms with Gasteiger partial charge in [-0.1, -0.05) is 36.8 Å². The molecule has 0 aliphatic heterocycles. The Hall–Kier alpha value is -1.00. The lowest BCUT2D eigenvalue weighted by Gasteiger charge is -2.19. The van der Waals surface area contributed by atoms with Crippen LogP contribution >= 0.6 is 11.8 Å². The van der Waals surface area contributed by atoms with Gasteiger partial charge >= 0.3 is 5.97 Å². The zero-order valence-electron chi connectivity index (χ0n) is 12.6. The number of nitrogens with one attached hydrogen (secondary N) is 1. The fourth-order valence-electron chi connectivity index (χ4n) is 1.85. The molecule has 0 bridgehead atoms. The molecule has 0 aliphatic rings. The summed E-state index contributed by atoms with van der Waals surface area (Å²) >= 11 is 1.79. The molecule has 0 amide bonds. The van der Waals surface area contributed by atoms with E-state index in [0.29, 0.717) is 12.5 Å². The predicted octanol–water partition coefficient (Wildman–Crippen LogP) is 3.33. The second-order valence-electron chi connectivity index (χ2n) is 4.82. The first-order valence-electron chi connectivity index (χ1n) is 7.12. The summed E-state index contributed by atoms with van der Waals surface area (Å²) < 4.78 is 4.65. The third-order valence-corrected chi connectivity index (χ3v) is 4.15. The number of aryl methyl sites for hydroxylation is 1. The van der Waals surface area contributed by atoms with Crippen molar-refractivity contribution in [2.75, 3.05) is 25.2 Å². The summed E-state index contributed by atoms with van der Waals surface area (Å²) in [6, 6.07) is 9.01. The first-order chi connectivity index (χ1) is 9.67. The van der Waals surface area contributed by atoms with Crippen molar-refractivity contribution in [3.05, 3.63) is 35.4 Å². The van der Waals surface area contributed by atoms with Crippen LogP contribution in [-0.4, -0.2) is 31.1 Å². The molecular weight excluding hydrogens is 270 g/mol. The molecule has 4 heteroatoms. The average Bonchev–Trinajstić information content (AvgIpc) is 2.47. The summed E-state index contributed by atoms with van der Waals surface area (Å²) in [5.74, 6) is 1.65. The van der Waals surface area contributed by atoms with Crippen LogP contribution in [0.3, 0.4) is 0 Å². The third-order valence-electron chi connectivity index (χ3n) is 3.08. The van der Waals surface area contributed by atoms with Crippen molar-refractivity contribution in [2.45, 2.75) is 32.7 Å². The summed E-state index contributed by atoms with van der Waals surface area (Å²) in [4.78, 5) is 11.1. The second-order valence-corrected chi connectivity index (χ2v) is 5.97. The molecular formula is C16H25NO2S. The number of carbonyl (C=O) groups excluding carboxylic acids is 1. The Morgan fingerprint density at radius 2 is 2.05 bits per heavy atom. The van der Waals surface area contributed by atoms with E-state index in [0.717, 1.165) is 24.5 Å². The average molecular weight is 295 g/mol. The molecule has 0 spiro atoms. The van der Waals surface area contributed by atoms with E-state index in [1.165, 1.54) is 18.2 Å². The van der Waals surface area contributed by atoms with Gasteiger partial charge in [0, 0.05) is 17.5 Å². The Morgan fingerprint density at radius 1 is 1.35 bits per heavy atom. The molecule has 3 nitrogen and oxygen atoms in total. The van der Waals surface area contributed by atoms with Crippen molar-refractivity contribution in [1.29, 1.82) is 0 Å². The zero-order valence-corrected chi connectivity index (χ0v) is 13.5. The van der Waals surface area contributed by atoms with E-state index < -0.39 is 0 Å². The number of methoxy groups -OCH3 is 1. The summed E-state index contributed by atoms with van der Waals surface area (Å²) in [5.41, 5.74) is 2.59. The number of hydrogen-bond donors (Lipinski definition) is 1. The first kappa shape index (κ1) is 17.1. The van der Waals surface area contributed by atoms with Gasteiger partial charge in [0.05, 0.1) is 13.5 Å². The highest BCUT2D eigenvalue weighted by atomic mass is 32.2. The molecule has 1 aromatic carbocycles. The fourth-order valence-corrected chi connectivity index (χ4v) is 2.87. The molecule has 0 heterocycles. The predicted molar refractivity (Wildman–Crippen MR) is 86.2 cm³/mol. The SMILES string of the molecule is CCCNC(CSCCC(=O)OC)c1ccc(C)cc1. The maximum Gasteiger partial charge on any atom is 0.306 e. The molecule has 0 saturated carbocycles. The topological polar surface area (TPSA) is 38.3 Å². The standard InChI is InChI=1S/C16H25NO2S/c1-4-10-17-15(12-20-11-9-16(18)19-3)14-7-5-13(2)6-8-14/h5-8,15,17H,4,9-12H2,1-3H3. The summed E-state index contributed by atoms with van der Waals surface area (Å²) in [6.45, 7) is 5.28. The Kier molecular flexibility index (Phi) is 8.38. The molecule has 1 N–H and O–H groups in total. The van der Waals surface area contributed by atoms with Crippen molar-refractivity contribution >= 4 is 17.7 Å². The van der Waals surface area contributed by atoms with Gasteiger partial charge in [0.25, 0.3) is 0 Å². The maximum absolute atomic E-state index is 11.1. The van der Waals surface area contributed by atoms with Crippen LogP contribution in [0.15, 0.2) is 24.3 Å². The van der Waals surface area contributed by atoms with E-state index in [4.69, 9.17) is 0 Å². The maximum atomic E-state index is 11.1. The number of rotatable bonds is 9. The van der Waals surface area contributed by atoms with E-state index in [1.54, 1.807) is 11.8 Å². The van der Waals surface area contributed by atoms with Crippen LogP contribution in [-0.2, 0) is 9.53 Å². The van der Waals surface area contributed by atoms with Crippen LogP contribution < -0.4 is 5.32 Å². The van der Waals surface area contributed by atoms with Gasteiger partial charge in [0.2, 0.25) is 0 Å². The number of benzene rings is 1. The normalized spacial score (nSPS) is 12.2. The molecule has 0 radical (unpaired) electrons. The van der Waals surface area contributed by atoms with Crippen LogP contribution in [0.4, 0.5) is 0 Å². The van der Waals surface area contributed by atoms with E-state index in [2.05, 4.69) is 48.2 Å².